The highest BCUT2D eigenvalue weighted by atomic mass is 15.3. The van der Waals surface area contributed by atoms with Crippen molar-refractivity contribution in [2.45, 2.75) is 19.4 Å². The van der Waals surface area contributed by atoms with Gasteiger partial charge < -0.3 is 4.90 Å². The van der Waals surface area contributed by atoms with Gasteiger partial charge in [0.05, 0.1) is 11.9 Å². The van der Waals surface area contributed by atoms with Crippen LogP contribution >= 0.6 is 0 Å². The van der Waals surface area contributed by atoms with Crippen molar-refractivity contribution in [3.8, 4) is 0 Å². The molecule has 0 aliphatic carbocycles. The van der Waals surface area contributed by atoms with Crippen LogP contribution in [0.5, 0.6) is 0 Å². The van der Waals surface area contributed by atoms with Crippen molar-refractivity contribution in [1.82, 2.24) is 14.7 Å². The smallest absolute Gasteiger partial charge is 0.0639 e. The first-order valence-electron chi connectivity index (χ1n) is 5.80. The first-order chi connectivity index (χ1) is 8.13. The maximum Gasteiger partial charge on any atom is 0.0639 e. The maximum absolute atomic E-state index is 4.36. The lowest BCUT2D eigenvalue weighted by molar-refractivity contribution is 0.292. The molecular formula is C14H21N3. The van der Waals surface area contributed by atoms with Gasteiger partial charge in [0.25, 0.3) is 0 Å². The first kappa shape index (κ1) is 13.5. The van der Waals surface area contributed by atoms with Gasteiger partial charge in [-0.25, -0.2) is 4.68 Å². The van der Waals surface area contributed by atoms with Crippen molar-refractivity contribution < 1.29 is 0 Å². The molecule has 0 aliphatic rings. The molecule has 0 fully saturated rings. The van der Waals surface area contributed by atoms with Gasteiger partial charge in [-0.3, -0.25) is 0 Å². The summed E-state index contributed by atoms with van der Waals surface area (Å²) in [4.78, 5) is 2.20. The number of rotatable bonds is 6. The Morgan fingerprint density at radius 2 is 2.24 bits per heavy atom. The van der Waals surface area contributed by atoms with E-state index in [9.17, 15) is 0 Å². The minimum absolute atomic E-state index is 0.401. The molecule has 3 heteroatoms. The molecule has 0 radical (unpaired) electrons. The van der Waals surface area contributed by atoms with Gasteiger partial charge in [0, 0.05) is 17.8 Å². The van der Waals surface area contributed by atoms with E-state index in [0.717, 1.165) is 12.1 Å². The molecule has 1 heterocycles. The zero-order valence-electron chi connectivity index (χ0n) is 10.9. The lowest BCUT2D eigenvalue weighted by Gasteiger charge is -2.21. The van der Waals surface area contributed by atoms with Crippen molar-refractivity contribution in [3.63, 3.8) is 0 Å². The quantitative estimate of drug-likeness (QED) is 0.701. The highest BCUT2D eigenvalue weighted by Gasteiger charge is 2.13. The third-order valence-corrected chi connectivity index (χ3v) is 2.76. The SMILES string of the molecule is C=C/C=C(\C=C)n1cc(C(CC)N(C)C)cn1. The Labute approximate surface area is 104 Å². The molecule has 1 rings (SSSR count). The van der Waals surface area contributed by atoms with Crippen LogP contribution in [0.4, 0.5) is 0 Å². The standard InChI is InChI=1S/C14H21N3/c1-6-9-13(7-2)17-11-12(10-15-17)14(8-3)16(4)5/h6-7,9-11,14H,1-2,8H2,3-5H3/b13-9+. The van der Waals surface area contributed by atoms with Gasteiger partial charge in [0.15, 0.2) is 0 Å². The summed E-state index contributed by atoms with van der Waals surface area (Å²) in [7, 11) is 4.17. The molecule has 1 aromatic heterocycles. The average Bonchev–Trinajstić information content (AvgIpc) is 2.75. The van der Waals surface area contributed by atoms with Crippen molar-refractivity contribution in [2.75, 3.05) is 14.1 Å². The predicted molar refractivity (Wildman–Crippen MR) is 73.6 cm³/mol. The van der Waals surface area contributed by atoms with Gasteiger partial charge in [-0.05, 0) is 32.7 Å². The molecule has 0 N–H and O–H groups in total. The van der Waals surface area contributed by atoms with Crippen LogP contribution in [0.1, 0.15) is 24.9 Å². The molecule has 17 heavy (non-hydrogen) atoms. The zero-order chi connectivity index (χ0) is 12.8. The lowest BCUT2D eigenvalue weighted by atomic mass is 10.1. The van der Waals surface area contributed by atoms with Crippen molar-refractivity contribution in [2.24, 2.45) is 0 Å². The maximum atomic E-state index is 4.36. The molecule has 1 aromatic rings. The van der Waals surface area contributed by atoms with Gasteiger partial charge in [-0.1, -0.05) is 26.2 Å². The van der Waals surface area contributed by atoms with Crippen molar-refractivity contribution in [3.05, 3.63) is 49.3 Å². The minimum Gasteiger partial charge on any atom is -0.302 e. The summed E-state index contributed by atoms with van der Waals surface area (Å²) in [5.74, 6) is 0. The Morgan fingerprint density at radius 1 is 1.53 bits per heavy atom. The zero-order valence-corrected chi connectivity index (χ0v) is 10.9. The highest BCUT2D eigenvalue weighted by Crippen LogP contribution is 2.21. The monoisotopic (exact) mass is 231 g/mol. The Balaban J connectivity index is 3.01. The molecular weight excluding hydrogens is 210 g/mol. The fraction of sp³-hybridized carbons (Fsp3) is 0.357. The molecule has 0 spiro atoms. The second kappa shape index (κ2) is 6.21. The van der Waals surface area contributed by atoms with Gasteiger partial charge in [0.1, 0.15) is 0 Å². The van der Waals surface area contributed by atoms with Crippen molar-refractivity contribution >= 4 is 5.70 Å². The molecule has 0 aliphatic heterocycles. The topological polar surface area (TPSA) is 21.1 Å². The summed E-state index contributed by atoms with van der Waals surface area (Å²) in [5, 5.41) is 4.36. The Hall–Kier alpha value is -1.61. The molecule has 92 valence electrons. The van der Waals surface area contributed by atoms with Crippen LogP contribution in [-0.4, -0.2) is 28.8 Å². The summed E-state index contributed by atoms with van der Waals surface area (Å²) >= 11 is 0. The number of hydrogen-bond acceptors (Lipinski definition) is 2. The molecule has 0 aromatic carbocycles. The van der Waals surface area contributed by atoms with E-state index in [2.05, 4.69) is 44.2 Å². The second-order valence-electron chi connectivity index (χ2n) is 4.14. The van der Waals surface area contributed by atoms with Crippen LogP contribution in [0, 0.1) is 0 Å². The summed E-state index contributed by atoms with van der Waals surface area (Å²) in [6.07, 6.45) is 10.4. The van der Waals surface area contributed by atoms with Crippen LogP contribution in [0.3, 0.4) is 0 Å². The largest absolute Gasteiger partial charge is 0.302 e. The molecule has 0 saturated heterocycles. The van der Waals surface area contributed by atoms with E-state index in [1.165, 1.54) is 5.56 Å². The van der Waals surface area contributed by atoms with E-state index in [-0.39, 0.29) is 0 Å². The highest BCUT2D eigenvalue weighted by molar-refractivity contribution is 5.57. The lowest BCUT2D eigenvalue weighted by Crippen LogP contribution is -2.18. The van der Waals surface area contributed by atoms with E-state index in [1.807, 2.05) is 23.2 Å². The van der Waals surface area contributed by atoms with Crippen LogP contribution in [0.2, 0.25) is 0 Å². The summed E-state index contributed by atoms with van der Waals surface area (Å²) in [5.41, 5.74) is 2.15. The van der Waals surface area contributed by atoms with Crippen LogP contribution in [-0.2, 0) is 0 Å². The van der Waals surface area contributed by atoms with Gasteiger partial charge in [-0.2, -0.15) is 5.10 Å². The third-order valence-electron chi connectivity index (χ3n) is 2.76. The van der Waals surface area contributed by atoms with E-state index >= 15 is 0 Å². The van der Waals surface area contributed by atoms with Crippen LogP contribution in [0.25, 0.3) is 5.70 Å². The molecule has 0 bridgehead atoms. The Bertz CT molecular complexity index is 413. The van der Waals surface area contributed by atoms with Crippen LogP contribution in [0.15, 0.2) is 43.8 Å². The molecule has 1 unspecified atom stereocenters. The molecule has 0 saturated carbocycles. The van der Waals surface area contributed by atoms with Gasteiger partial charge in [-0.15, -0.1) is 0 Å². The fourth-order valence-electron chi connectivity index (χ4n) is 1.91. The minimum atomic E-state index is 0.401. The van der Waals surface area contributed by atoms with Gasteiger partial charge >= 0.3 is 0 Å². The van der Waals surface area contributed by atoms with E-state index in [0.29, 0.717) is 6.04 Å². The van der Waals surface area contributed by atoms with Crippen molar-refractivity contribution in [1.29, 1.82) is 0 Å². The molecule has 3 nitrogen and oxygen atoms in total. The van der Waals surface area contributed by atoms with Crippen LogP contribution < -0.4 is 0 Å². The number of nitrogens with zero attached hydrogens (tertiary/aromatic N) is 3. The first-order valence-corrected chi connectivity index (χ1v) is 5.80. The van der Waals surface area contributed by atoms with E-state index in [1.54, 1.807) is 12.2 Å². The van der Waals surface area contributed by atoms with Gasteiger partial charge in [0.2, 0.25) is 0 Å². The van der Waals surface area contributed by atoms with E-state index in [4.69, 9.17) is 0 Å². The number of aromatic nitrogens is 2. The third kappa shape index (κ3) is 3.17. The summed E-state index contributed by atoms with van der Waals surface area (Å²) < 4.78 is 1.83. The molecule has 1 atom stereocenters. The average molecular weight is 231 g/mol. The second-order valence-corrected chi connectivity index (χ2v) is 4.14. The summed E-state index contributed by atoms with van der Waals surface area (Å²) in [6.45, 7) is 9.64. The fourth-order valence-corrected chi connectivity index (χ4v) is 1.91. The van der Waals surface area contributed by atoms with E-state index < -0.39 is 0 Å². The predicted octanol–water partition coefficient (Wildman–Crippen LogP) is 3.11. The number of allylic oxidation sites excluding steroid dienone is 4. The number of hydrogen-bond donors (Lipinski definition) is 0. The Morgan fingerprint density at radius 3 is 2.71 bits per heavy atom. The Kier molecular flexibility index (Phi) is 4.91. The summed E-state index contributed by atoms with van der Waals surface area (Å²) in [6, 6.07) is 0.401. The normalized spacial score (nSPS) is 13.8. The molecule has 0 amide bonds.